The minimum atomic E-state index is -1.11. The van der Waals surface area contributed by atoms with E-state index in [1.807, 2.05) is 36.4 Å². The van der Waals surface area contributed by atoms with Crippen molar-refractivity contribution in [3.8, 4) is 17.0 Å². The van der Waals surface area contributed by atoms with E-state index in [4.69, 9.17) is 9.47 Å². The van der Waals surface area contributed by atoms with E-state index in [9.17, 15) is 14.7 Å². The molecule has 7 heteroatoms. The summed E-state index contributed by atoms with van der Waals surface area (Å²) in [5.74, 6) is -0.767. The molecule has 1 aromatic heterocycles. The molecule has 164 valence electrons. The molecule has 0 radical (unpaired) electrons. The molecule has 0 bridgehead atoms. The molecule has 3 aromatic rings. The number of carboxylic acids is 1. The average molecular weight is 432 g/mol. The monoisotopic (exact) mass is 432 g/mol. The Balaban J connectivity index is 1.46. The summed E-state index contributed by atoms with van der Waals surface area (Å²) in [6.07, 6.45) is 0.966. The molecule has 32 heavy (non-hydrogen) atoms. The lowest BCUT2D eigenvalue weighted by Gasteiger charge is -2.25. The minimum absolute atomic E-state index is 0.0891. The van der Waals surface area contributed by atoms with Crippen molar-refractivity contribution in [2.75, 3.05) is 20.8 Å². The molecular formula is C25H24N2O5. The van der Waals surface area contributed by atoms with E-state index < -0.39 is 18.1 Å². The van der Waals surface area contributed by atoms with E-state index in [1.165, 1.54) is 14.2 Å². The molecule has 0 saturated carbocycles. The number of likely N-dealkylation sites (N-methyl/N-ethyl adjacent to an activating group) is 1. The molecule has 1 amide bonds. The summed E-state index contributed by atoms with van der Waals surface area (Å²) in [6, 6.07) is 18.4. The zero-order valence-electron chi connectivity index (χ0n) is 17.9. The smallest absolute Gasteiger partial charge is 0.410 e. The van der Waals surface area contributed by atoms with Gasteiger partial charge in [0.1, 0.15) is 12.6 Å². The van der Waals surface area contributed by atoms with Gasteiger partial charge in [0.05, 0.1) is 7.11 Å². The lowest BCUT2D eigenvalue weighted by Crippen LogP contribution is -2.44. The van der Waals surface area contributed by atoms with Gasteiger partial charge >= 0.3 is 12.1 Å². The van der Waals surface area contributed by atoms with Crippen LogP contribution in [0.3, 0.4) is 0 Å². The molecular weight excluding hydrogens is 408 g/mol. The van der Waals surface area contributed by atoms with Crippen molar-refractivity contribution in [3.63, 3.8) is 0 Å². The first-order valence-electron chi connectivity index (χ1n) is 10.3. The van der Waals surface area contributed by atoms with Crippen molar-refractivity contribution in [2.24, 2.45) is 0 Å². The van der Waals surface area contributed by atoms with E-state index in [1.54, 1.807) is 18.3 Å². The Morgan fingerprint density at radius 2 is 1.66 bits per heavy atom. The van der Waals surface area contributed by atoms with E-state index in [0.717, 1.165) is 27.2 Å². The van der Waals surface area contributed by atoms with Crippen LogP contribution in [0.25, 0.3) is 11.1 Å². The maximum Gasteiger partial charge on any atom is 0.410 e. The molecule has 0 fully saturated rings. The highest BCUT2D eigenvalue weighted by Gasteiger charge is 2.32. The van der Waals surface area contributed by atoms with Crippen LogP contribution < -0.4 is 4.74 Å². The molecule has 2 aromatic carbocycles. The normalized spacial score (nSPS) is 13.1. The molecule has 1 aliphatic rings. The molecule has 0 unspecified atom stereocenters. The lowest BCUT2D eigenvalue weighted by molar-refractivity contribution is -0.142. The number of ether oxygens (including phenoxy) is 2. The summed E-state index contributed by atoms with van der Waals surface area (Å²) < 4.78 is 10.6. The largest absolute Gasteiger partial charge is 0.481 e. The highest BCUT2D eigenvalue weighted by atomic mass is 16.6. The predicted octanol–water partition coefficient (Wildman–Crippen LogP) is 3.97. The number of rotatable bonds is 7. The van der Waals surface area contributed by atoms with E-state index in [-0.39, 0.29) is 18.9 Å². The maximum atomic E-state index is 12.8. The maximum absolute atomic E-state index is 12.8. The van der Waals surface area contributed by atoms with Gasteiger partial charge in [-0.05, 0) is 27.8 Å². The molecule has 7 nitrogen and oxygen atoms in total. The Morgan fingerprint density at radius 1 is 1.03 bits per heavy atom. The highest BCUT2D eigenvalue weighted by molar-refractivity contribution is 5.81. The van der Waals surface area contributed by atoms with Gasteiger partial charge in [0, 0.05) is 31.6 Å². The second kappa shape index (κ2) is 9.09. The number of aromatic nitrogens is 1. The minimum Gasteiger partial charge on any atom is -0.481 e. The van der Waals surface area contributed by atoms with Crippen LogP contribution in [0.1, 0.15) is 22.6 Å². The third-order valence-corrected chi connectivity index (χ3v) is 5.81. The summed E-state index contributed by atoms with van der Waals surface area (Å²) in [7, 11) is 2.95. The van der Waals surface area contributed by atoms with Crippen LogP contribution in [-0.4, -0.2) is 53.9 Å². The number of nitrogens with zero attached hydrogens (tertiary/aromatic N) is 2. The standard InChI is InChI=1S/C25H24N2O5/c1-27(22(24(28)29)13-16-11-12-23(31-2)26-14-16)25(30)32-15-21-19-9-5-3-7-17(19)18-8-4-6-10-20(18)21/h3-12,14,21-22H,13,15H2,1-2H3,(H,28,29)/t22-/m0/s1. The Bertz CT molecular complexity index is 1080. The summed E-state index contributed by atoms with van der Waals surface area (Å²) in [5.41, 5.74) is 5.14. The third kappa shape index (κ3) is 4.14. The van der Waals surface area contributed by atoms with Crippen molar-refractivity contribution < 1.29 is 24.2 Å². The van der Waals surface area contributed by atoms with E-state index in [2.05, 4.69) is 17.1 Å². The zero-order valence-corrected chi connectivity index (χ0v) is 17.9. The van der Waals surface area contributed by atoms with Crippen LogP contribution in [0.15, 0.2) is 66.9 Å². The number of hydrogen-bond donors (Lipinski definition) is 1. The number of carbonyl (C=O) groups excluding carboxylic acids is 1. The van der Waals surface area contributed by atoms with Crippen LogP contribution in [0, 0.1) is 0 Å². The SMILES string of the molecule is COc1ccc(C[C@@H](C(=O)O)N(C)C(=O)OCC2c3ccccc3-c3ccccc32)cn1. The first kappa shape index (κ1) is 21.4. The second-order valence-corrected chi connectivity index (χ2v) is 7.68. The van der Waals surface area contributed by atoms with Crippen LogP contribution >= 0.6 is 0 Å². The third-order valence-electron chi connectivity index (χ3n) is 5.81. The highest BCUT2D eigenvalue weighted by Crippen LogP contribution is 2.44. The van der Waals surface area contributed by atoms with Crippen LogP contribution in [0.5, 0.6) is 5.88 Å². The molecule has 1 atom stereocenters. The molecule has 1 N–H and O–H groups in total. The van der Waals surface area contributed by atoms with Gasteiger partial charge in [0.25, 0.3) is 0 Å². The van der Waals surface area contributed by atoms with Crippen LogP contribution in [0.4, 0.5) is 4.79 Å². The summed E-state index contributed by atoms with van der Waals surface area (Å²) in [5, 5.41) is 9.70. The summed E-state index contributed by atoms with van der Waals surface area (Å²) in [6.45, 7) is 0.133. The van der Waals surface area contributed by atoms with Crippen molar-refractivity contribution in [3.05, 3.63) is 83.6 Å². The van der Waals surface area contributed by atoms with Gasteiger partial charge in [-0.3, -0.25) is 4.90 Å². The first-order valence-corrected chi connectivity index (χ1v) is 10.3. The average Bonchev–Trinajstić information content (AvgIpc) is 3.14. The number of carboxylic acid groups (broad SMARTS) is 1. The topological polar surface area (TPSA) is 89.0 Å². The number of hydrogen-bond acceptors (Lipinski definition) is 5. The van der Waals surface area contributed by atoms with Crippen LogP contribution in [-0.2, 0) is 16.0 Å². The number of amides is 1. The molecule has 1 heterocycles. The fourth-order valence-corrected chi connectivity index (χ4v) is 4.09. The summed E-state index contributed by atoms with van der Waals surface area (Å²) >= 11 is 0. The predicted molar refractivity (Wildman–Crippen MR) is 119 cm³/mol. The molecule has 0 spiro atoms. The Morgan fingerprint density at radius 3 is 2.19 bits per heavy atom. The molecule has 4 rings (SSSR count). The van der Waals surface area contributed by atoms with Crippen molar-refractivity contribution >= 4 is 12.1 Å². The number of aliphatic carboxylic acids is 1. The van der Waals surface area contributed by atoms with E-state index in [0.29, 0.717) is 11.4 Å². The van der Waals surface area contributed by atoms with Gasteiger partial charge in [-0.25, -0.2) is 14.6 Å². The first-order chi connectivity index (χ1) is 15.5. The zero-order chi connectivity index (χ0) is 22.7. The van der Waals surface area contributed by atoms with Crippen molar-refractivity contribution in [1.82, 2.24) is 9.88 Å². The number of carbonyl (C=O) groups is 2. The molecule has 1 aliphatic carbocycles. The van der Waals surface area contributed by atoms with E-state index >= 15 is 0 Å². The fourth-order valence-electron chi connectivity index (χ4n) is 4.09. The number of pyridine rings is 1. The van der Waals surface area contributed by atoms with Gasteiger partial charge in [-0.2, -0.15) is 0 Å². The number of benzene rings is 2. The van der Waals surface area contributed by atoms with Crippen LogP contribution in [0.2, 0.25) is 0 Å². The fraction of sp³-hybridized carbons (Fsp3) is 0.240. The van der Waals surface area contributed by atoms with Gasteiger partial charge in [0.15, 0.2) is 0 Å². The number of fused-ring (bicyclic) bond motifs is 3. The van der Waals surface area contributed by atoms with Gasteiger partial charge in [-0.1, -0.05) is 54.6 Å². The Hall–Kier alpha value is -3.87. The van der Waals surface area contributed by atoms with Crippen molar-refractivity contribution in [2.45, 2.75) is 18.4 Å². The van der Waals surface area contributed by atoms with Gasteiger partial charge in [-0.15, -0.1) is 0 Å². The Kier molecular flexibility index (Phi) is 6.07. The quantitative estimate of drug-likeness (QED) is 0.608. The second-order valence-electron chi connectivity index (χ2n) is 7.68. The van der Waals surface area contributed by atoms with Gasteiger partial charge in [0.2, 0.25) is 5.88 Å². The van der Waals surface area contributed by atoms with Gasteiger partial charge < -0.3 is 14.6 Å². The number of methoxy groups -OCH3 is 1. The molecule has 0 saturated heterocycles. The Labute approximate surface area is 186 Å². The summed E-state index contributed by atoms with van der Waals surface area (Å²) in [4.78, 5) is 29.9. The van der Waals surface area contributed by atoms with Crippen molar-refractivity contribution in [1.29, 1.82) is 0 Å². The molecule has 0 aliphatic heterocycles. The lowest BCUT2D eigenvalue weighted by atomic mass is 9.98.